The molecule has 2 aromatic rings. The second kappa shape index (κ2) is 10.5. The van der Waals surface area contributed by atoms with E-state index >= 15 is 0 Å². The molecule has 0 bridgehead atoms. The number of hydrogen-bond donors (Lipinski definition) is 3. The van der Waals surface area contributed by atoms with Gasteiger partial charge in [0.15, 0.2) is 5.75 Å². The molecule has 188 valence electrons. The molecule has 3 N–H and O–H groups in total. The number of aromatic nitrogens is 2. The third-order valence-electron chi connectivity index (χ3n) is 8.05. The number of anilines is 2. The minimum atomic E-state index is 0.463. The first-order chi connectivity index (χ1) is 17.1. The van der Waals surface area contributed by atoms with E-state index in [4.69, 9.17) is 15.2 Å². The number of nitrogens with zero attached hydrogens (tertiary/aromatic N) is 3. The topological polar surface area (TPSA) is 82.5 Å². The lowest BCUT2D eigenvalue weighted by Gasteiger charge is -2.30. The Morgan fingerprint density at radius 2 is 1.83 bits per heavy atom. The van der Waals surface area contributed by atoms with Crippen molar-refractivity contribution >= 4 is 23.9 Å². The Kier molecular flexibility index (Phi) is 7.25. The van der Waals surface area contributed by atoms with Gasteiger partial charge in [-0.05, 0) is 93.9 Å². The summed E-state index contributed by atoms with van der Waals surface area (Å²) in [5, 5.41) is 18.4. The van der Waals surface area contributed by atoms with Gasteiger partial charge in [-0.15, -0.1) is 0 Å². The molecule has 0 unspecified atom stereocenters. The van der Waals surface area contributed by atoms with Crippen molar-refractivity contribution in [2.75, 3.05) is 30.9 Å². The largest absolute Gasteiger partial charge is 0.362 e. The van der Waals surface area contributed by atoms with Gasteiger partial charge in [0.2, 0.25) is 5.95 Å². The third kappa shape index (κ3) is 5.62. The number of rotatable bonds is 10. The molecule has 1 aromatic heterocycles. The third-order valence-corrected chi connectivity index (χ3v) is 8.05. The summed E-state index contributed by atoms with van der Waals surface area (Å²) in [5.74, 6) is 2.29. The zero-order valence-electron chi connectivity index (χ0n) is 21.1. The Balaban J connectivity index is 1.05. The molecule has 1 atom stereocenters. The molecule has 5 rings (SSSR count). The van der Waals surface area contributed by atoms with Crippen LogP contribution in [0.3, 0.4) is 0 Å². The van der Waals surface area contributed by atoms with Gasteiger partial charge >= 0.3 is 0 Å². The highest BCUT2D eigenvalue weighted by molar-refractivity contribution is 5.51. The van der Waals surface area contributed by atoms with Gasteiger partial charge in [0.25, 0.3) is 0 Å². The number of benzene rings is 1. The van der Waals surface area contributed by atoms with Crippen molar-refractivity contribution in [1.82, 2.24) is 15.3 Å². The molecule has 1 aromatic carbocycles. The van der Waals surface area contributed by atoms with Gasteiger partial charge in [0.1, 0.15) is 5.82 Å². The van der Waals surface area contributed by atoms with E-state index in [9.17, 15) is 0 Å². The lowest BCUT2D eigenvalue weighted by molar-refractivity contribution is -0.137. The van der Waals surface area contributed by atoms with E-state index in [0.717, 1.165) is 42.9 Å². The number of nitrogens with one attached hydrogen (secondary N) is 2. The molecule has 35 heavy (non-hydrogen) atoms. The number of unbranched alkanes of at least 4 members (excludes halogenated alkanes) is 1. The normalized spacial score (nSPS) is 24.8. The van der Waals surface area contributed by atoms with Crippen molar-refractivity contribution in [2.45, 2.75) is 76.3 Å². The minimum absolute atomic E-state index is 0.463. The fourth-order valence-corrected chi connectivity index (χ4v) is 5.83. The van der Waals surface area contributed by atoms with Gasteiger partial charge in [0, 0.05) is 31.4 Å². The Morgan fingerprint density at radius 3 is 2.57 bits per heavy atom. The summed E-state index contributed by atoms with van der Waals surface area (Å²) in [4.78, 5) is 16.0. The van der Waals surface area contributed by atoms with Gasteiger partial charge in [-0.3, -0.25) is 0 Å². The van der Waals surface area contributed by atoms with E-state index in [2.05, 4.69) is 46.7 Å². The van der Waals surface area contributed by atoms with Crippen molar-refractivity contribution in [2.24, 2.45) is 5.41 Å². The second-order valence-electron chi connectivity index (χ2n) is 10.7. The van der Waals surface area contributed by atoms with Crippen molar-refractivity contribution < 1.29 is 10.1 Å². The van der Waals surface area contributed by atoms with E-state index in [1.807, 2.05) is 24.3 Å². The summed E-state index contributed by atoms with van der Waals surface area (Å²) in [6, 6.07) is 8.81. The van der Waals surface area contributed by atoms with Crippen molar-refractivity contribution in [3.05, 3.63) is 40.4 Å². The molecule has 0 saturated heterocycles. The van der Waals surface area contributed by atoms with Crippen LogP contribution in [0.2, 0.25) is 0 Å². The van der Waals surface area contributed by atoms with Gasteiger partial charge in [-0.1, -0.05) is 24.3 Å². The molecule has 3 aliphatic carbocycles. The zero-order chi connectivity index (χ0) is 24.3. The Hall–Kier alpha value is -2.64. The van der Waals surface area contributed by atoms with Crippen LogP contribution in [0.25, 0.3) is 12.2 Å². The molecule has 3 aliphatic rings. The van der Waals surface area contributed by atoms with Crippen LogP contribution in [0.15, 0.2) is 24.3 Å². The molecule has 1 heterocycles. The Bertz CT molecular complexity index is 1120. The predicted molar refractivity (Wildman–Crippen MR) is 141 cm³/mol. The van der Waals surface area contributed by atoms with E-state index < -0.39 is 0 Å². The molecule has 7 nitrogen and oxygen atoms in total. The summed E-state index contributed by atoms with van der Waals surface area (Å²) < 4.78 is 0. The van der Waals surface area contributed by atoms with Crippen LogP contribution in [0.5, 0.6) is 5.75 Å². The summed E-state index contributed by atoms with van der Waals surface area (Å²) in [6.07, 6.45) is 16.3. The van der Waals surface area contributed by atoms with Crippen molar-refractivity contribution in [3.8, 4) is 5.75 Å². The van der Waals surface area contributed by atoms with Gasteiger partial charge in [-0.2, -0.15) is 4.98 Å². The molecular weight excluding hydrogens is 438 g/mol. The maximum atomic E-state index is 8.66. The maximum Gasteiger partial charge on any atom is 0.225 e. The SMILES string of the molecule is CN(C)c1nc(NC2CCC3(CC2)C[C@H]3NCCCCc2ccc(OO)cc2)nc2c1=CCCC=2. The highest BCUT2D eigenvalue weighted by Gasteiger charge is 2.54. The fraction of sp³-hybridized carbons (Fsp3) is 0.571. The highest BCUT2D eigenvalue weighted by atomic mass is 17.1. The molecular formula is C28H39N5O2. The molecule has 0 aliphatic heterocycles. The number of hydrogen-bond acceptors (Lipinski definition) is 7. The number of aryl methyl sites for hydroxylation is 1. The van der Waals surface area contributed by atoms with Crippen LogP contribution in [0.1, 0.15) is 63.4 Å². The van der Waals surface area contributed by atoms with E-state index in [0.29, 0.717) is 23.2 Å². The van der Waals surface area contributed by atoms with Crippen LogP contribution in [-0.2, 0) is 6.42 Å². The van der Waals surface area contributed by atoms with Crippen molar-refractivity contribution in [1.29, 1.82) is 0 Å². The molecule has 7 heteroatoms. The first-order valence-electron chi connectivity index (χ1n) is 13.2. The summed E-state index contributed by atoms with van der Waals surface area (Å²) in [6.45, 7) is 1.09. The Labute approximate surface area is 208 Å². The zero-order valence-corrected chi connectivity index (χ0v) is 21.1. The fourth-order valence-electron chi connectivity index (χ4n) is 5.83. The average molecular weight is 478 g/mol. The summed E-state index contributed by atoms with van der Waals surface area (Å²) in [5.41, 5.74) is 1.81. The molecule has 1 spiro atoms. The monoisotopic (exact) mass is 477 g/mol. The standard InChI is InChI=1S/C28H39N5O2/c1-33(2)26-23-8-3-4-9-24(23)31-27(32-26)30-21-14-16-28(17-15-21)19-25(28)29-18-6-5-7-20-10-12-22(35-34)13-11-20/h8-13,21,25,29,34H,3-7,14-19H2,1-2H3,(H,30,31)/t21?,25-,28?/m1/s1. The van der Waals surface area contributed by atoms with Crippen LogP contribution in [-0.4, -0.2) is 47.9 Å². The van der Waals surface area contributed by atoms with E-state index in [1.165, 1.54) is 55.7 Å². The summed E-state index contributed by atoms with van der Waals surface area (Å²) >= 11 is 0. The summed E-state index contributed by atoms with van der Waals surface area (Å²) in [7, 11) is 4.12. The molecule has 0 radical (unpaired) electrons. The van der Waals surface area contributed by atoms with Crippen LogP contribution >= 0.6 is 0 Å². The maximum absolute atomic E-state index is 8.66. The van der Waals surface area contributed by atoms with Crippen LogP contribution in [0, 0.1) is 5.41 Å². The highest BCUT2D eigenvalue weighted by Crippen LogP contribution is 2.56. The predicted octanol–water partition coefficient (Wildman–Crippen LogP) is 3.47. The lowest BCUT2D eigenvalue weighted by Crippen LogP contribution is -2.38. The molecule has 2 saturated carbocycles. The van der Waals surface area contributed by atoms with E-state index in [1.54, 1.807) is 0 Å². The van der Waals surface area contributed by atoms with Crippen molar-refractivity contribution in [3.63, 3.8) is 0 Å². The van der Waals surface area contributed by atoms with Gasteiger partial charge in [-0.25, -0.2) is 10.2 Å². The van der Waals surface area contributed by atoms with Crippen LogP contribution in [0.4, 0.5) is 11.8 Å². The number of fused-ring (bicyclic) bond motifs is 1. The van der Waals surface area contributed by atoms with E-state index in [-0.39, 0.29) is 0 Å². The first kappa shape index (κ1) is 24.1. The Morgan fingerprint density at radius 1 is 1.06 bits per heavy atom. The van der Waals surface area contributed by atoms with Crippen LogP contribution < -0.4 is 31.0 Å². The smallest absolute Gasteiger partial charge is 0.225 e. The van der Waals surface area contributed by atoms with Gasteiger partial charge < -0.3 is 20.4 Å². The molecule has 0 amide bonds. The quantitative estimate of drug-likeness (QED) is 0.275. The lowest BCUT2D eigenvalue weighted by atomic mass is 9.83. The molecule has 2 fully saturated rings. The first-order valence-corrected chi connectivity index (χ1v) is 13.2. The van der Waals surface area contributed by atoms with Gasteiger partial charge in [0.05, 0.1) is 5.35 Å². The average Bonchev–Trinajstić information content (AvgIpc) is 3.56. The second-order valence-corrected chi connectivity index (χ2v) is 10.7. The minimum Gasteiger partial charge on any atom is -0.362 e.